The number of aliphatic carboxylic acids is 1. The molecule has 8 fully saturated rings. The molecule has 5 aliphatic carbocycles. The number of fused-ring (bicyclic) bond motifs is 7. The number of aliphatic hydroxyl groups is 11. The van der Waals surface area contributed by atoms with E-state index in [-0.39, 0.29) is 35.8 Å². The van der Waals surface area contributed by atoms with Crippen molar-refractivity contribution in [2.75, 3.05) is 19.8 Å². The van der Waals surface area contributed by atoms with E-state index in [4.69, 9.17) is 52.1 Å². The molecule has 0 amide bonds. The Balaban J connectivity index is 1.01. The van der Waals surface area contributed by atoms with E-state index < -0.39 is 223 Å². The minimum absolute atomic E-state index is 0.0439. The minimum atomic E-state index is -2.13. The molecule has 14 unspecified atom stereocenters. The van der Waals surface area contributed by atoms with Crippen LogP contribution in [0.25, 0.3) is 0 Å². The van der Waals surface area contributed by atoms with Crippen molar-refractivity contribution in [3.63, 3.8) is 0 Å². The highest BCUT2D eigenvalue weighted by Crippen LogP contribution is 2.76. The largest absolute Gasteiger partial charge is 0.479 e. The molecule has 0 aromatic heterocycles. The van der Waals surface area contributed by atoms with Crippen molar-refractivity contribution in [2.45, 2.75) is 276 Å². The van der Waals surface area contributed by atoms with E-state index in [0.717, 1.165) is 5.57 Å². The Kier molecular flexibility index (Phi) is 21.3. The Bertz CT molecular complexity index is 2790. The molecule has 4 saturated heterocycles. The van der Waals surface area contributed by atoms with Crippen LogP contribution in [0.2, 0.25) is 0 Å². The van der Waals surface area contributed by atoms with Gasteiger partial charge < -0.3 is 113 Å². The first-order valence-corrected chi connectivity index (χ1v) is 32.3. The average Bonchev–Trinajstić information content (AvgIpc) is 0.736. The number of hydrogen-bond donors (Lipinski definition) is 12. The highest BCUT2D eigenvalue weighted by Gasteiger charge is 2.74. The van der Waals surface area contributed by atoms with Crippen molar-refractivity contribution in [2.24, 2.45) is 50.2 Å². The quantitative estimate of drug-likeness (QED) is 0.0314. The lowest BCUT2D eigenvalue weighted by molar-refractivity contribution is -0.386. The Labute approximate surface area is 535 Å². The minimum Gasteiger partial charge on any atom is -0.479 e. The third-order valence-corrected chi connectivity index (χ3v) is 23.6. The monoisotopic (exact) mass is 1310 g/mol. The van der Waals surface area contributed by atoms with Crippen LogP contribution < -0.4 is 0 Å². The van der Waals surface area contributed by atoms with Gasteiger partial charge in [0.15, 0.2) is 43.5 Å². The number of rotatable bonds is 17. The van der Waals surface area contributed by atoms with Gasteiger partial charge in [-0.2, -0.15) is 0 Å². The highest BCUT2D eigenvalue weighted by atomic mass is 16.8. The van der Waals surface area contributed by atoms with Gasteiger partial charge in [-0.05, 0) is 124 Å². The molecule has 4 heterocycles. The number of ether oxygens (including phenoxy) is 11. The third kappa shape index (κ3) is 12.2. The van der Waals surface area contributed by atoms with E-state index in [1.165, 1.54) is 19.9 Å². The molecule has 27 heteroatoms. The van der Waals surface area contributed by atoms with Crippen LogP contribution in [0.5, 0.6) is 0 Å². The van der Waals surface area contributed by atoms with Gasteiger partial charge in [-0.1, -0.05) is 72.3 Å². The molecule has 0 aromatic carbocycles. The van der Waals surface area contributed by atoms with Crippen molar-refractivity contribution >= 4 is 23.9 Å². The summed E-state index contributed by atoms with van der Waals surface area (Å²) in [5.41, 5.74) is -3.55. The van der Waals surface area contributed by atoms with Gasteiger partial charge in [0.2, 0.25) is 0 Å². The lowest BCUT2D eigenvalue weighted by Crippen LogP contribution is -2.73. The topological polar surface area (TPSA) is 413 Å². The van der Waals surface area contributed by atoms with E-state index in [1.807, 2.05) is 27.7 Å². The molecule has 0 bridgehead atoms. The molecule has 92 heavy (non-hydrogen) atoms. The molecular formula is C65H100O27. The first-order valence-electron chi connectivity index (χ1n) is 32.3. The molecule has 0 aromatic rings. The summed E-state index contributed by atoms with van der Waals surface area (Å²) in [5, 5.41) is 134. The van der Waals surface area contributed by atoms with E-state index in [2.05, 4.69) is 26.8 Å². The zero-order chi connectivity index (χ0) is 68.0. The maximum atomic E-state index is 13.5. The molecule has 522 valence electrons. The lowest BCUT2D eigenvalue weighted by Gasteiger charge is -2.72. The number of hydrogen-bond acceptors (Lipinski definition) is 26. The predicted octanol–water partition coefficient (Wildman–Crippen LogP) is 0.715. The second-order valence-corrected chi connectivity index (χ2v) is 29.3. The van der Waals surface area contributed by atoms with Crippen molar-refractivity contribution in [1.29, 1.82) is 0 Å². The summed E-state index contributed by atoms with van der Waals surface area (Å²) >= 11 is 0. The second-order valence-electron chi connectivity index (χ2n) is 29.3. The van der Waals surface area contributed by atoms with Crippen LogP contribution >= 0.6 is 0 Å². The second kappa shape index (κ2) is 27.0. The van der Waals surface area contributed by atoms with Gasteiger partial charge in [-0.25, -0.2) is 14.4 Å². The van der Waals surface area contributed by atoms with Crippen molar-refractivity contribution in [1.82, 2.24) is 0 Å². The molecule has 9 rings (SSSR count). The standard InChI is InChI=1S/C65H100O27/c1-14-27(3)54(80)87-46-29(5)82-58(45(77)48(46)88-55(81)28(4)15-2)92-51-52(83-30(6)69)65(26-68)32(22-60(51,7)8)31-16-17-36-62(11)20-19-38(61(9,10)35(62)18-21-63(36,12)64(31,13)23-37(65)70)86-59-50(91-57-43(75)41(73)39(71)33(24-66)84-57)47(44(76)49(90-59)53(78)79)89-56-42(74)40(72)34(25-67)85-56/h14-16,29,32-52,56-59,66-68,70-77H,17-26H2,1-13H3,(H,78,79)/b27-14-,28-15-/t29?,32?,33?,34-,35?,36?,37+,38-,39-,40?,41?,42?,43?,44-,45?,46-,47?,48?,49?,50?,51-,52-,56-,57-,58-,59+,62-,63+,64+,65-/m0/s1. The first kappa shape index (κ1) is 72.6. The number of aliphatic hydroxyl groups excluding tert-OH is 11. The number of allylic oxidation sites excluding steroid dienone is 4. The molecule has 12 N–H and O–H groups in total. The SMILES string of the molecule is C/C=C(/C)C(=O)OC1C(O)[C@H](O[C@H]2[C@H](OC(C)=O)[C@@]3(CO)C(CC2(C)C)C2=CCC4[C@@]5(C)CC[C@H](O[C@@H]6OC(C(=O)O)[C@@H](O)C(O[C@@H]7O[C@@H](CO)C(O)C7O)C6O[C@@H]6OC(CO)[C@H](O)C(O)C6O)C(C)(C)C5CC[C@@]4(C)[C@]2(C)C[C@H]3O)OC(C)[C@@H]1OC(=O)/C(C)=C\C. The molecule has 0 radical (unpaired) electrons. The van der Waals surface area contributed by atoms with Crippen molar-refractivity contribution < 1.29 is 133 Å². The fraction of sp³-hybridized carbons (Fsp3) is 0.846. The Morgan fingerprint density at radius 3 is 1.70 bits per heavy atom. The molecule has 9 aliphatic rings. The zero-order valence-electron chi connectivity index (χ0n) is 54.8. The Hall–Kier alpha value is -3.66. The van der Waals surface area contributed by atoms with Gasteiger partial charge in [0.25, 0.3) is 0 Å². The fourth-order valence-corrected chi connectivity index (χ4v) is 17.9. The Morgan fingerprint density at radius 1 is 0.587 bits per heavy atom. The summed E-state index contributed by atoms with van der Waals surface area (Å²) in [4.78, 5) is 53.0. The van der Waals surface area contributed by atoms with Crippen LogP contribution in [0.15, 0.2) is 34.9 Å². The van der Waals surface area contributed by atoms with Crippen molar-refractivity contribution in [3.8, 4) is 0 Å². The molecule has 0 spiro atoms. The Morgan fingerprint density at radius 2 is 1.14 bits per heavy atom. The summed E-state index contributed by atoms with van der Waals surface area (Å²) in [6, 6.07) is 0. The highest BCUT2D eigenvalue weighted by molar-refractivity contribution is 5.88. The van der Waals surface area contributed by atoms with Crippen LogP contribution in [-0.2, 0) is 71.3 Å². The first-order chi connectivity index (χ1) is 43.0. The summed E-state index contributed by atoms with van der Waals surface area (Å²) in [6.45, 7) is 21.5. The molecule has 30 atom stereocenters. The van der Waals surface area contributed by atoms with Gasteiger partial charge >= 0.3 is 23.9 Å². The summed E-state index contributed by atoms with van der Waals surface area (Å²) in [6.07, 6.45) is -28.8. The van der Waals surface area contributed by atoms with Gasteiger partial charge in [-0.15, -0.1) is 0 Å². The van der Waals surface area contributed by atoms with E-state index in [1.54, 1.807) is 33.8 Å². The third-order valence-electron chi connectivity index (χ3n) is 23.6. The van der Waals surface area contributed by atoms with Gasteiger partial charge in [0.05, 0.1) is 43.5 Å². The van der Waals surface area contributed by atoms with Crippen LogP contribution in [0.1, 0.15) is 135 Å². The summed E-state index contributed by atoms with van der Waals surface area (Å²) in [7, 11) is 0. The molecular weight excluding hydrogens is 1210 g/mol. The smallest absolute Gasteiger partial charge is 0.335 e. The predicted molar refractivity (Wildman–Crippen MR) is 316 cm³/mol. The normalized spacial score (nSPS) is 48.4. The molecule has 4 saturated carbocycles. The number of esters is 3. The summed E-state index contributed by atoms with van der Waals surface area (Å²) < 4.78 is 67.8. The lowest BCUT2D eigenvalue weighted by atomic mass is 9.33. The van der Waals surface area contributed by atoms with E-state index in [0.29, 0.717) is 32.1 Å². The van der Waals surface area contributed by atoms with E-state index in [9.17, 15) is 80.5 Å². The van der Waals surface area contributed by atoms with Crippen LogP contribution in [-0.4, -0.2) is 246 Å². The summed E-state index contributed by atoms with van der Waals surface area (Å²) in [5.74, 6) is -4.65. The van der Waals surface area contributed by atoms with Gasteiger partial charge in [0.1, 0.15) is 79.4 Å². The maximum Gasteiger partial charge on any atom is 0.335 e. The number of carboxylic acid groups (broad SMARTS) is 1. The number of carboxylic acids is 1. The van der Waals surface area contributed by atoms with Crippen LogP contribution in [0.4, 0.5) is 0 Å². The fourth-order valence-electron chi connectivity index (χ4n) is 17.9. The molecule has 4 aliphatic heterocycles. The molecule has 27 nitrogen and oxygen atoms in total. The van der Waals surface area contributed by atoms with Gasteiger partial charge in [-0.3, -0.25) is 4.79 Å². The number of carbonyl (C=O) groups is 4. The maximum absolute atomic E-state index is 13.5. The van der Waals surface area contributed by atoms with Crippen LogP contribution in [0.3, 0.4) is 0 Å². The average molecular weight is 1310 g/mol. The number of carbonyl (C=O) groups excluding carboxylic acids is 3. The van der Waals surface area contributed by atoms with E-state index >= 15 is 0 Å². The van der Waals surface area contributed by atoms with Crippen molar-refractivity contribution in [3.05, 3.63) is 34.9 Å². The zero-order valence-corrected chi connectivity index (χ0v) is 54.8. The van der Waals surface area contributed by atoms with Gasteiger partial charge in [0, 0.05) is 18.1 Å². The van der Waals surface area contributed by atoms with Crippen LogP contribution in [0, 0.1) is 50.2 Å².